The first-order valence-corrected chi connectivity index (χ1v) is 10.6. The Bertz CT molecular complexity index is 913. The van der Waals surface area contributed by atoms with E-state index in [9.17, 15) is 14.4 Å². The van der Waals surface area contributed by atoms with E-state index in [1.165, 1.54) is 0 Å². The molecule has 2 N–H and O–H groups in total. The van der Waals surface area contributed by atoms with Crippen LogP contribution in [0.4, 0.5) is 0 Å². The Balaban J connectivity index is 1.55. The van der Waals surface area contributed by atoms with Crippen LogP contribution in [0, 0.1) is 0 Å². The summed E-state index contributed by atoms with van der Waals surface area (Å²) in [6, 6.07) is 14.9. The molecule has 0 saturated heterocycles. The van der Waals surface area contributed by atoms with Crippen LogP contribution in [0.15, 0.2) is 48.5 Å². The third-order valence-corrected chi connectivity index (χ3v) is 5.16. The van der Waals surface area contributed by atoms with Crippen LogP contribution in [-0.2, 0) is 20.7 Å². The Morgan fingerprint density at radius 3 is 2.68 bits per heavy atom. The molecule has 0 aliphatic carbocycles. The number of rotatable bonds is 9. The number of amides is 2. The van der Waals surface area contributed by atoms with Gasteiger partial charge in [-0.3, -0.25) is 14.4 Å². The highest BCUT2D eigenvalue weighted by Gasteiger charge is 2.23. The number of carbonyl (C=O) groups excluding carboxylic acids is 3. The number of fused-ring (bicyclic) bond motifs is 1. The van der Waals surface area contributed by atoms with Crippen molar-refractivity contribution < 1.29 is 23.9 Å². The van der Waals surface area contributed by atoms with Crippen molar-refractivity contribution >= 4 is 17.8 Å². The van der Waals surface area contributed by atoms with Gasteiger partial charge in [0.05, 0.1) is 19.6 Å². The molecule has 0 aromatic heterocycles. The van der Waals surface area contributed by atoms with E-state index in [4.69, 9.17) is 9.47 Å². The molecule has 1 aliphatic heterocycles. The summed E-state index contributed by atoms with van der Waals surface area (Å²) in [5.41, 5.74) is 2.40. The van der Waals surface area contributed by atoms with Crippen molar-refractivity contribution in [3.05, 3.63) is 65.2 Å². The molecule has 1 aliphatic rings. The maximum Gasteiger partial charge on any atom is 0.325 e. The first-order valence-electron chi connectivity index (χ1n) is 10.6. The third-order valence-electron chi connectivity index (χ3n) is 5.16. The summed E-state index contributed by atoms with van der Waals surface area (Å²) in [5, 5.41) is 5.56. The second-order valence-electron chi connectivity index (χ2n) is 7.38. The Morgan fingerprint density at radius 2 is 1.90 bits per heavy atom. The second kappa shape index (κ2) is 11.2. The van der Waals surface area contributed by atoms with Crippen LogP contribution in [0.25, 0.3) is 0 Å². The minimum absolute atomic E-state index is 0.00873. The summed E-state index contributed by atoms with van der Waals surface area (Å²) in [6.45, 7) is 2.97. The fraction of sp³-hybridized carbons (Fsp3) is 0.375. The highest BCUT2D eigenvalue weighted by molar-refractivity contribution is 5.96. The SMILES string of the molecule is CCOC(=O)CNC(=O)c1ccc2c(c1)C(CCNC(=O)Cc1ccccc1)CCO2. The first-order chi connectivity index (χ1) is 15.1. The number of nitrogens with one attached hydrogen (secondary N) is 2. The summed E-state index contributed by atoms with van der Waals surface area (Å²) in [5.74, 6) is 0.121. The van der Waals surface area contributed by atoms with Gasteiger partial charge in [-0.25, -0.2) is 0 Å². The van der Waals surface area contributed by atoms with E-state index in [1.807, 2.05) is 36.4 Å². The van der Waals surface area contributed by atoms with E-state index in [1.54, 1.807) is 19.1 Å². The quantitative estimate of drug-likeness (QED) is 0.604. The lowest BCUT2D eigenvalue weighted by Gasteiger charge is -2.26. The summed E-state index contributed by atoms with van der Waals surface area (Å²) in [6.07, 6.45) is 1.93. The molecule has 7 heteroatoms. The van der Waals surface area contributed by atoms with Gasteiger partial charge in [0, 0.05) is 12.1 Å². The zero-order chi connectivity index (χ0) is 22.1. The molecule has 3 rings (SSSR count). The molecular formula is C24H28N2O5. The van der Waals surface area contributed by atoms with Gasteiger partial charge in [-0.05, 0) is 55.0 Å². The van der Waals surface area contributed by atoms with Crippen LogP contribution >= 0.6 is 0 Å². The van der Waals surface area contributed by atoms with Crippen molar-refractivity contribution in [1.29, 1.82) is 0 Å². The molecule has 2 aromatic carbocycles. The van der Waals surface area contributed by atoms with E-state index in [-0.39, 0.29) is 30.9 Å². The van der Waals surface area contributed by atoms with E-state index in [0.29, 0.717) is 25.1 Å². The van der Waals surface area contributed by atoms with Crippen molar-refractivity contribution in [3.8, 4) is 5.75 Å². The number of ether oxygens (including phenoxy) is 2. The molecule has 31 heavy (non-hydrogen) atoms. The van der Waals surface area contributed by atoms with Crippen LogP contribution < -0.4 is 15.4 Å². The smallest absolute Gasteiger partial charge is 0.325 e. The number of carbonyl (C=O) groups is 3. The largest absolute Gasteiger partial charge is 0.493 e. The molecule has 0 bridgehead atoms. The van der Waals surface area contributed by atoms with Crippen molar-refractivity contribution in [2.45, 2.75) is 32.1 Å². The maximum absolute atomic E-state index is 12.4. The summed E-state index contributed by atoms with van der Waals surface area (Å²) in [4.78, 5) is 36.1. The molecule has 1 atom stereocenters. The molecule has 0 saturated carbocycles. The van der Waals surface area contributed by atoms with Crippen LogP contribution in [0.5, 0.6) is 5.75 Å². The van der Waals surface area contributed by atoms with Crippen LogP contribution in [0.1, 0.15) is 47.2 Å². The summed E-state index contributed by atoms with van der Waals surface area (Å²) >= 11 is 0. The molecule has 2 amide bonds. The van der Waals surface area contributed by atoms with Gasteiger partial charge >= 0.3 is 5.97 Å². The van der Waals surface area contributed by atoms with Crippen molar-refractivity contribution in [3.63, 3.8) is 0 Å². The fourth-order valence-corrected chi connectivity index (χ4v) is 3.60. The average Bonchev–Trinajstić information content (AvgIpc) is 2.78. The third kappa shape index (κ3) is 6.57. The Labute approximate surface area is 182 Å². The Morgan fingerprint density at radius 1 is 1.10 bits per heavy atom. The molecule has 2 aromatic rings. The lowest BCUT2D eigenvalue weighted by atomic mass is 9.89. The molecule has 0 spiro atoms. The number of benzene rings is 2. The van der Waals surface area contributed by atoms with Crippen LogP contribution in [0.3, 0.4) is 0 Å². The lowest BCUT2D eigenvalue weighted by Crippen LogP contribution is -2.31. The maximum atomic E-state index is 12.4. The molecule has 1 unspecified atom stereocenters. The number of esters is 1. The van der Waals surface area contributed by atoms with Gasteiger partial charge in [0.2, 0.25) is 5.91 Å². The lowest BCUT2D eigenvalue weighted by molar-refractivity contribution is -0.141. The molecule has 1 heterocycles. The van der Waals surface area contributed by atoms with Gasteiger partial charge in [0.25, 0.3) is 5.91 Å². The van der Waals surface area contributed by atoms with Gasteiger partial charge in [-0.1, -0.05) is 30.3 Å². The van der Waals surface area contributed by atoms with Crippen molar-refractivity contribution in [2.24, 2.45) is 0 Å². The zero-order valence-electron chi connectivity index (χ0n) is 17.7. The standard InChI is InChI=1S/C24H28N2O5/c1-2-30-23(28)16-26-24(29)19-8-9-21-20(15-19)18(11-13-31-21)10-12-25-22(27)14-17-6-4-3-5-7-17/h3-9,15,18H,2,10-14,16H2,1H3,(H,25,27)(H,26,29). The number of hydrogen-bond acceptors (Lipinski definition) is 5. The highest BCUT2D eigenvalue weighted by atomic mass is 16.5. The van der Waals surface area contributed by atoms with Gasteiger partial charge in [-0.15, -0.1) is 0 Å². The molecule has 7 nitrogen and oxygen atoms in total. The van der Waals surface area contributed by atoms with Gasteiger partial charge in [0.15, 0.2) is 0 Å². The topological polar surface area (TPSA) is 93.7 Å². The predicted molar refractivity (Wildman–Crippen MR) is 116 cm³/mol. The van der Waals surface area contributed by atoms with E-state index >= 15 is 0 Å². The monoisotopic (exact) mass is 424 g/mol. The minimum Gasteiger partial charge on any atom is -0.493 e. The van der Waals surface area contributed by atoms with Crippen LogP contribution in [-0.4, -0.2) is 44.1 Å². The molecular weight excluding hydrogens is 396 g/mol. The average molecular weight is 424 g/mol. The highest BCUT2D eigenvalue weighted by Crippen LogP contribution is 2.36. The van der Waals surface area contributed by atoms with Gasteiger partial charge in [0.1, 0.15) is 12.3 Å². The normalized spacial score (nSPS) is 14.7. The van der Waals surface area contributed by atoms with Gasteiger partial charge in [-0.2, -0.15) is 0 Å². The van der Waals surface area contributed by atoms with E-state index in [2.05, 4.69) is 10.6 Å². The van der Waals surface area contributed by atoms with E-state index < -0.39 is 5.97 Å². The minimum atomic E-state index is -0.471. The van der Waals surface area contributed by atoms with Crippen LogP contribution in [0.2, 0.25) is 0 Å². The molecule has 0 fully saturated rings. The fourth-order valence-electron chi connectivity index (χ4n) is 3.60. The first kappa shape index (κ1) is 22.3. The summed E-state index contributed by atoms with van der Waals surface area (Å²) < 4.78 is 10.6. The molecule has 0 radical (unpaired) electrons. The van der Waals surface area contributed by atoms with Crippen molar-refractivity contribution in [2.75, 3.05) is 26.3 Å². The predicted octanol–water partition coefficient (Wildman–Crippen LogP) is 2.59. The second-order valence-corrected chi connectivity index (χ2v) is 7.38. The summed E-state index contributed by atoms with van der Waals surface area (Å²) in [7, 11) is 0. The Kier molecular flexibility index (Phi) is 8.04. The van der Waals surface area contributed by atoms with Crippen molar-refractivity contribution in [1.82, 2.24) is 10.6 Å². The Hall–Kier alpha value is -3.35. The molecule has 164 valence electrons. The number of hydrogen-bond donors (Lipinski definition) is 2. The van der Waals surface area contributed by atoms with Gasteiger partial charge < -0.3 is 20.1 Å². The zero-order valence-corrected chi connectivity index (χ0v) is 17.7. The van der Waals surface area contributed by atoms with E-state index in [0.717, 1.165) is 29.7 Å².